The number of methoxy groups -OCH3 is 1. The SMILES string of the molecule is COc1ccc(CN(C)c2ccc3c(c2)C(Nc2cccc(Cl)c2)CC3)cc1. The van der Waals surface area contributed by atoms with E-state index in [1.807, 2.05) is 30.3 Å². The van der Waals surface area contributed by atoms with E-state index in [-0.39, 0.29) is 0 Å². The Balaban J connectivity index is 1.50. The highest BCUT2D eigenvalue weighted by molar-refractivity contribution is 6.30. The molecule has 3 aromatic rings. The largest absolute Gasteiger partial charge is 0.497 e. The lowest BCUT2D eigenvalue weighted by Gasteiger charge is -2.22. The summed E-state index contributed by atoms with van der Waals surface area (Å²) in [4.78, 5) is 2.29. The van der Waals surface area contributed by atoms with Gasteiger partial charge in [-0.25, -0.2) is 0 Å². The Morgan fingerprint density at radius 3 is 2.64 bits per heavy atom. The van der Waals surface area contributed by atoms with Crippen LogP contribution >= 0.6 is 11.6 Å². The average molecular weight is 393 g/mol. The first kappa shape index (κ1) is 18.7. The lowest BCUT2D eigenvalue weighted by Crippen LogP contribution is -2.17. The van der Waals surface area contributed by atoms with Gasteiger partial charge in [-0.1, -0.05) is 35.9 Å². The van der Waals surface area contributed by atoms with Crippen LogP contribution in [0.2, 0.25) is 5.02 Å². The lowest BCUT2D eigenvalue weighted by atomic mass is 10.1. The minimum atomic E-state index is 0.322. The van der Waals surface area contributed by atoms with Crippen LogP contribution in [0, 0.1) is 0 Å². The highest BCUT2D eigenvalue weighted by Crippen LogP contribution is 2.36. The summed E-state index contributed by atoms with van der Waals surface area (Å²) >= 11 is 6.14. The van der Waals surface area contributed by atoms with Gasteiger partial charge in [0.25, 0.3) is 0 Å². The number of hydrogen-bond acceptors (Lipinski definition) is 3. The number of benzene rings is 3. The van der Waals surface area contributed by atoms with E-state index in [0.717, 1.165) is 35.8 Å². The lowest BCUT2D eigenvalue weighted by molar-refractivity contribution is 0.414. The van der Waals surface area contributed by atoms with Crippen LogP contribution in [-0.4, -0.2) is 14.2 Å². The Morgan fingerprint density at radius 1 is 1.07 bits per heavy atom. The summed E-state index contributed by atoms with van der Waals surface area (Å²) in [5.41, 5.74) is 6.38. The molecule has 1 atom stereocenters. The molecule has 0 spiro atoms. The average Bonchev–Trinajstić information content (AvgIpc) is 3.10. The van der Waals surface area contributed by atoms with Gasteiger partial charge in [-0.3, -0.25) is 0 Å². The van der Waals surface area contributed by atoms with Crippen LogP contribution in [0.1, 0.15) is 29.2 Å². The van der Waals surface area contributed by atoms with Crippen LogP contribution in [0.15, 0.2) is 66.7 Å². The van der Waals surface area contributed by atoms with E-state index in [9.17, 15) is 0 Å². The second-order valence-electron chi connectivity index (χ2n) is 7.33. The number of aryl methyl sites for hydroxylation is 1. The van der Waals surface area contributed by atoms with Crippen LogP contribution in [0.25, 0.3) is 0 Å². The van der Waals surface area contributed by atoms with Gasteiger partial charge in [-0.05, 0) is 72.0 Å². The van der Waals surface area contributed by atoms with Crippen LogP contribution < -0.4 is 15.0 Å². The van der Waals surface area contributed by atoms with E-state index in [0.29, 0.717) is 6.04 Å². The molecule has 1 aliphatic carbocycles. The Hall–Kier alpha value is -2.65. The second kappa shape index (κ2) is 8.15. The van der Waals surface area contributed by atoms with Crippen molar-refractivity contribution in [1.29, 1.82) is 0 Å². The molecule has 0 heterocycles. The molecule has 0 aromatic heterocycles. The molecule has 0 saturated heterocycles. The summed E-state index contributed by atoms with van der Waals surface area (Å²) in [5, 5.41) is 4.41. The van der Waals surface area contributed by atoms with Gasteiger partial charge in [0.05, 0.1) is 13.2 Å². The molecule has 0 radical (unpaired) electrons. The topological polar surface area (TPSA) is 24.5 Å². The molecule has 28 heavy (non-hydrogen) atoms. The quantitative estimate of drug-likeness (QED) is 0.549. The summed E-state index contributed by atoms with van der Waals surface area (Å²) in [6, 6.07) is 23.4. The van der Waals surface area contributed by atoms with Gasteiger partial charge < -0.3 is 15.0 Å². The maximum absolute atomic E-state index is 6.14. The van der Waals surface area contributed by atoms with E-state index in [1.54, 1.807) is 7.11 Å². The number of rotatable bonds is 6. The first-order valence-electron chi connectivity index (χ1n) is 9.61. The molecule has 0 bridgehead atoms. The van der Waals surface area contributed by atoms with Crippen molar-refractivity contribution in [3.05, 3.63) is 88.4 Å². The predicted octanol–water partition coefficient (Wildman–Crippen LogP) is 6.08. The highest BCUT2D eigenvalue weighted by Gasteiger charge is 2.23. The maximum atomic E-state index is 6.14. The molecule has 3 nitrogen and oxygen atoms in total. The van der Waals surface area contributed by atoms with Crippen molar-refractivity contribution in [1.82, 2.24) is 0 Å². The Morgan fingerprint density at radius 2 is 1.89 bits per heavy atom. The minimum Gasteiger partial charge on any atom is -0.497 e. The van der Waals surface area contributed by atoms with Gasteiger partial charge in [0.1, 0.15) is 5.75 Å². The molecular formula is C24H25ClN2O. The summed E-state index contributed by atoms with van der Waals surface area (Å²) < 4.78 is 5.25. The maximum Gasteiger partial charge on any atom is 0.118 e. The van der Waals surface area contributed by atoms with E-state index >= 15 is 0 Å². The Bertz CT molecular complexity index is 955. The van der Waals surface area contributed by atoms with Crippen molar-refractivity contribution >= 4 is 23.0 Å². The third-order valence-electron chi connectivity index (χ3n) is 5.39. The van der Waals surface area contributed by atoms with E-state index in [2.05, 4.69) is 53.7 Å². The number of ether oxygens (including phenoxy) is 1. The normalized spacial score (nSPS) is 15.2. The standard InChI is InChI=1S/C24H25ClN2O/c1-27(16-17-6-11-22(28-2)12-7-17)21-10-8-18-9-13-24(23(18)15-21)26-20-5-3-4-19(25)14-20/h3-8,10-12,14-15,24,26H,9,13,16H2,1-2H3. The monoisotopic (exact) mass is 392 g/mol. The number of hydrogen-bond donors (Lipinski definition) is 1. The molecule has 1 N–H and O–H groups in total. The van der Waals surface area contributed by atoms with Gasteiger partial charge in [-0.15, -0.1) is 0 Å². The van der Waals surface area contributed by atoms with Crippen molar-refractivity contribution in [2.45, 2.75) is 25.4 Å². The molecule has 4 heteroatoms. The van der Waals surface area contributed by atoms with E-state index in [1.165, 1.54) is 22.4 Å². The number of fused-ring (bicyclic) bond motifs is 1. The molecule has 1 aliphatic rings. The van der Waals surface area contributed by atoms with E-state index in [4.69, 9.17) is 16.3 Å². The molecule has 4 rings (SSSR count). The molecule has 0 fully saturated rings. The van der Waals surface area contributed by atoms with Gasteiger partial charge in [0, 0.05) is 30.0 Å². The number of nitrogens with one attached hydrogen (secondary N) is 1. The summed E-state index contributed by atoms with van der Waals surface area (Å²) in [6.45, 7) is 0.856. The van der Waals surface area contributed by atoms with Crippen molar-refractivity contribution in [2.24, 2.45) is 0 Å². The second-order valence-corrected chi connectivity index (χ2v) is 7.77. The number of nitrogens with zero attached hydrogens (tertiary/aromatic N) is 1. The molecule has 0 aliphatic heterocycles. The third kappa shape index (κ3) is 4.10. The summed E-state index contributed by atoms with van der Waals surface area (Å²) in [6.07, 6.45) is 2.21. The first-order chi connectivity index (χ1) is 13.6. The molecule has 0 saturated carbocycles. The highest BCUT2D eigenvalue weighted by atomic mass is 35.5. The first-order valence-corrected chi connectivity index (χ1v) is 9.99. The summed E-state index contributed by atoms with van der Waals surface area (Å²) in [7, 11) is 3.83. The van der Waals surface area contributed by atoms with Crippen molar-refractivity contribution in [3.8, 4) is 5.75 Å². The molecule has 1 unspecified atom stereocenters. The molecular weight excluding hydrogens is 368 g/mol. The fourth-order valence-electron chi connectivity index (χ4n) is 3.85. The van der Waals surface area contributed by atoms with Crippen molar-refractivity contribution in [3.63, 3.8) is 0 Å². The van der Waals surface area contributed by atoms with Crippen LogP contribution in [0.3, 0.4) is 0 Å². The number of halogens is 1. The van der Waals surface area contributed by atoms with Gasteiger partial charge in [-0.2, -0.15) is 0 Å². The van der Waals surface area contributed by atoms with Gasteiger partial charge >= 0.3 is 0 Å². The van der Waals surface area contributed by atoms with E-state index < -0.39 is 0 Å². The summed E-state index contributed by atoms with van der Waals surface area (Å²) in [5.74, 6) is 0.888. The van der Waals surface area contributed by atoms with Crippen molar-refractivity contribution < 1.29 is 4.74 Å². The molecule has 0 amide bonds. The Labute approximate surface area is 171 Å². The zero-order valence-electron chi connectivity index (χ0n) is 16.3. The Kier molecular flexibility index (Phi) is 5.45. The van der Waals surface area contributed by atoms with Crippen LogP contribution in [-0.2, 0) is 13.0 Å². The third-order valence-corrected chi connectivity index (χ3v) is 5.63. The fourth-order valence-corrected chi connectivity index (χ4v) is 4.04. The minimum absolute atomic E-state index is 0.322. The van der Waals surface area contributed by atoms with Crippen LogP contribution in [0.4, 0.5) is 11.4 Å². The zero-order chi connectivity index (χ0) is 19.5. The van der Waals surface area contributed by atoms with Crippen LogP contribution in [0.5, 0.6) is 5.75 Å². The zero-order valence-corrected chi connectivity index (χ0v) is 17.0. The van der Waals surface area contributed by atoms with Gasteiger partial charge in [0.2, 0.25) is 0 Å². The number of anilines is 2. The van der Waals surface area contributed by atoms with Crippen molar-refractivity contribution in [2.75, 3.05) is 24.4 Å². The molecule has 144 valence electrons. The fraction of sp³-hybridized carbons (Fsp3) is 0.250. The van der Waals surface area contributed by atoms with Gasteiger partial charge in [0.15, 0.2) is 0 Å². The predicted molar refractivity (Wildman–Crippen MR) is 118 cm³/mol. The smallest absolute Gasteiger partial charge is 0.118 e. The molecule has 3 aromatic carbocycles.